The molecule has 0 radical (unpaired) electrons. The van der Waals surface area contributed by atoms with Crippen LogP contribution in [-0.2, 0) is 19.0 Å². The van der Waals surface area contributed by atoms with E-state index in [4.69, 9.17) is 18.9 Å². The summed E-state index contributed by atoms with van der Waals surface area (Å²) in [6.45, 7) is 9.79. The summed E-state index contributed by atoms with van der Waals surface area (Å²) in [5.74, 6) is -4.55. The number of ether oxygens (including phenoxy) is 4. The number of esters is 1. The van der Waals surface area contributed by atoms with Crippen molar-refractivity contribution in [2.75, 3.05) is 44.9 Å². The largest absolute Gasteiger partial charge is 0.500 e. The summed E-state index contributed by atoms with van der Waals surface area (Å²) in [6.07, 6.45) is 2.02. The van der Waals surface area contributed by atoms with E-state index in [1.807, 2.05) is 0 Å². The topological polar surface area (TPSA) is 94.6 Å². The average Bonchev–Trinajstić information content (AvgIpc) is 3.27. The Labute approximate surface area is 221 Å². The van der Waals surface area contributed by atoms with Crippen LogP contribution in [0.5, 0.6) is 5.75 Å². The number of benzene rings is 1. The summed E-state index contributed by atoms with van der Waals surface area (Å²) in [5.41, 5.74) is -2.06. The lowest BCUT2D eigenvalue weighted by Crippen LogP contribution is -2.50. The van der Waals surface area contributed by atoms with Crippen LogP contribution in [0.25, 0.3) is 0 Å². The van der Waals surface area contributed by atoms with Crippen molar-refractivity contribution in [2.45, 2.75) is 59.1 Å². The molecule has 0 saturated carbocycles. The molecule has 1 aromatic carbocycles. The van der Waals surface area contributed by atoms with Crippen LogP contribution >= 0.6 is 0 Å². The molecule has 0 spiro atoms. The molecule has 2 aliphatic rings. The number of ketones is 1. The number of rotatable bonds is 8. The molecule has 0 aromatic heterocycles. The number of likely N-dealkylation sites (tertiary alicyclic amines) is 1. The Morgan fingerprint density at radius 1 is 1.13 bits per heavy atom. The smallest absolute Gasteiger partial charge is 0.410 e. The Morgan fingerprint density at radius 2 is 1.84 bits per heavy atom. The predicted octanol–water partition coefficient (Wildman–Crippen LogP) is 4.48. The van der Waals surface area contributed by atoms with E-state index in [0.29, 0.717) is 13.1 Å². The van der Waals surface area contributed by atoms with E-state index in [1.165, 1.54) is 7.11 Å². The second-order valence-corrected chi connectivity index (χ2v) is 10.2. The highest BCUT2D eigenvalue weighted by Crippen LogP contribution is 2.42. The number of piperidine rings is 1. The van der Waals surface area contributed by atoms with Gasteiger partial charge in [-0.25, -0.2) is 18.4 Å². The van der Waals surface area contributed by atoms with Crippen LogP contribution in [0.4, 0.5) is 19.3 Å². The van der Waals surface area contributed by atoms with E-state index in [1.54, 1.807) is 44.4 Å². The zero-order valence-corrected chi connectivity index (χ0v) is 22.8. The Bertz CT molecular complexity index is 1100. The van der Waals surface area contributed by atoms with Gasteiger partial charge in [-0.05, 0) is 59.4 Å². The minimum absolute atomic E-state index is 0.0215. The number of fused-ring (bicyclic) bond motifs is 1. The number of Topliss-reactive ketones (excluding diaryl/α,β-unsaturated/α-hetero) is 1. The van der Waals surface area contributed by atoms with E-state index in [0.717, 1.165) is 25.2 Å². The van der Waals surface area contributed by atoms with Crippen LogP contribution in [0.3, 0.4) is 0 Å². The lowest BCUT2D eigenvalue weighted by atomic mass is 9.92. The molecular formula is C27H36F2N2O7. The fourth-order valence-corrected chi connectivity index (χ4v) is 4.86. The fraction of sp³-hybridized carbons (Fsp3) is 0.593. The van der Waals surface area contributed by atoms with Gasteiger partial charge in [0, 0.05) is 19.6 Å². The van der Waals surface area contributed by atoms with Crippen molar-refractivity contribution in [1.82, 2.24) is 4.90 Å². The summed E-state index contributed by atoms with van der Waals surface area (Å²) in [5, 5.41) is 0. The number of nitrogens with zero attached hydrogens (tertiary/aromatic N) is 2. The first-order valence-electron chi connectivity index (χ1n) is 12.8. The number of amides is 1. The zero-order chi connectivity index (χ0) is 28.2. The van der Waals surface area contributed by atoms with E-state index in [-0.39, 0.29) is 37.4 Å². The first kappa shape index (κ1) is 29.2. The van der Waals surface area contributed by atoms with Crippen molar-refractivity contribution in [2.24, 2.45) is 5.92 Å². The third-order valence-corrected chi connectivity index (χ3v) is 6.43. The van der Waals surface area contributed by atoms with Crippen molar-refractivity contribution in [3.8, 4) is 5.75 Å². The average molecular weight is 539 g/mol. The van der Waals surface area contributed by atoms with Crippen LogP contribution in [-0.4, -0.2) is 74.3 Å². The number of halogens is 2. The van der Waals surface area contributed by atoms with Gasteiger partial charge in [0.2, 0.25) is 5.78 Å². The maximum atomic E-state index is 15.7. The molecule has 2 saturated heterocycles. The Balaban J connectivity index is 1.95. The molecule has 2 aliphatic heterocycles. The highest BCUT2D eigenvalue weighted by atomic mass is 19.1. The Kier molecular flexibility index (Phi) is 9.22. The number of methoxy groups -OCH3 is 1. The summed E-state index contributed by atoms with van der Waals surface area (Å²) in [7, 11) is 1.17. The van der Waals surface area contributed by atoms with Crippen molar-refractivity contribution in [3.05, 3.63) is 35.1 Å². The Morgan fingerprint density at radius 3 is 2.45 bits per heavy atom. The zero-order valence-electron chi connectivity index (χ0n) is 22.8. The molecule has 0 unspecified atom stereocenters. The molecule has 9 nitrogen and oxygen atoms in total. The summed E-state index contributed by atoms with van der Waals surface area (Å²) >= 11 is 0. The molecule has 3 rings (SSSR count). The first-order valence-corrected chi connectivity index (χ1v) is 12.8. The predicted molar refractivity (Wildman–Crippen MR) is 135 cm³/mol. The molecule has 1 amide bonds. The van der Waals surface area contributed by atoms with Gasteiger partial charge in [-0.1, -0.05) is 0 Å². The van der Waals surface area contributed by atoms with Gasteiger partial charge >= 0.3 is 12.1 Å². The second-order valence-electron chi connectivity index (χ2n) is 10.2. The molecule has 11 heteroatoms. The van der Waals surface area contributed by atoms with Gasteiger partial charge < -0.3 is 28.7 Å². The minimum atomic E-state index is -1.11. The maximum absolute atomic E-state index is 15.7. The standard InChI is InChI=1S/C27H36F2N2O7/c1-7-36-15-18(25(33)37-8-2)23(32)17-12-19(28)22(24(35-6)21(17)29)30-13-16-10-9-11-31(20(16)14-30)26(34)38-27(3,4)5/h12,15-16,20H,7-11,13-14H2,1-6H3/b18-15-/t16-,20+/m0/s1. The lowest BCUT2D eigenvalue weighted by molar-refractivity contribution is -0.138. The van der Waals surface area contributed by atoms with Crippen LogP contribution < -0.4 is 9.64 Å². The summed E-state index contributed by atoms with van der Waals surface area (Å²) in [4.78, 5) is 41.5. The van der Waals surface area contributed by atoms with Gasteiger partial charge in [0.05, 0.1) is 31.9 Å². The number of hydrogen-bond acceptors (Lipinski definition) is 8. The van der Waals surface area contributed by atoms with Gasteiger partial charge in [-0.15, -0.1) is 0 Å². The maximum Gasteiger partial charge on any atom is 0.410 e. The van der Waals surface area contributed by atoms with Gasteiger partial charge in [0.15, 0.2) is 17.4 Å². The molecule has 2 heterocycles. The number of carbonyl (C=O) groups is 3. The second kappa shape index (κ2) is 12.0. The monoisotopic (exact) mass is 538 g/mol. The number of hydrogen-bond donors (Lipinski definition) is 0. The van der Waals surface area contributed by atoms with Crippen LogP contribution in [0.2, 0.25) is 0 Å². The number of anilines is 1. The van der Waals surface area contributed by atoms with E-state index >= 15 is 8.78 Å². The van der Waals surface area contributed by atoms with Crippen LogP contribution in [0.1, 0.15) is 57.8 Å². The first-order chi connectivity index (χ1) is 17.9. The quantitative estimate of drug-likeness (QED) is 0.120. The van der Waals surface area contributed by atoms with E-state index in [2.05, 4.69) is 0 Å². The van der Waals surface area contributed by atoms with Crippen molar-refractivity contribution >= 4 is 23.5 Å². The fourth-order valence-electron chi connectivity index (χ4n) is 4.86. The Hall–Kier alpha value is -3.37. The van der Waals surface area contributed by atoms with E-state index < -0.39 is 52.0 Å². The van der Waals surface area contributed by atoms with Crippen LogP contribution in [0.15, 0.2) is 17.9 Å². The summed E-state index contributed by atoms with van der Waals surface area (Å²) < 4.78 is 52.0. The third kappa shape index (κ3) is 6.19. The normalized spacial score (nSPS) is 19.6. The molecule has 0 bridgehead atoms. The van der Waals surface area contributed by atoms with Gasteiger partial charge in [-0.3, -0.25) is 4.79 Å². The molecular weight excluding hydrogens is 502 g/mol. The molecule has 2 fully saturated rings. The highest BCUT2D eigenvalue weighted by molar-refractivity contribution is 6.24. The van der Waals surface area contributed by atoms with Crippen molar-refractivity contribution in [1.29, 1.82) is 0 Å². The minimum Gasteiger partial charge on any atom is -0.500 e. The number of carbonyl (C=O) groups excluding carboxylic acids is 3. The van der Waals surface area contributed by atoms with Crippen LogP contribution in [0, 0.1) is 17.6 Å². The van der Waals surface area contributed by atoms with Gasteiger partial charge in [-0.2, -0.15) is 0 Å². The molecule has 210 valence electrons. The highest BCUT2D eigenvalue weighted by Gasteiger charge is 2.44. The van der Waals surface area contributed by atoms with Crippen molar-refractivity contribution in [3.63, 3.8) is 0 Å². The molecule has 1 aromatic rings. The summed E-state index contributed by atoms with van der Waals surface area (Å²) in [6, 6.07) is 0.499. The van der Waals surface area contributed by atoms with Gasteiger partial charge in [0.1, 0.15) is 23.1 Å². The lowest BCUT2D eigenvalue weighted by Gasteiger charge is -2.37. The molecule has 0 aliphatic carbocycles. The SMILES string of the molecule is CCO/C=C(\C(=O)OCC)C(=O)c1cc(F)c(N2C[C@@H]3CCCN(C(=O)OC(C)(C)C)[C@@H]3C2)c(OC)c1F. The van der Waals surface area contributed by atoms with Crippen molar-refractivity contribution < 1.29 is 42.1 Å². The third-order valence-electron chi connectivity index (χ3n) is 6.43. The van der Waals surface area contributed by atoms with E-state index in [9.17, 15) is 14.4 Å². The molecule has 38 heavy (non-hydrogen) atoms. The van der Waals surface area contributed by atoms with Gasteiger partial charge in [0.25, 0.3) is 0 Å². The molecule has 0 N–H and O–H groups in total. The molecule has 2 atom stereocenters.